The Kier molecular flexibility index (Phi) is 3.62. The van der Waals surface area contributed by atoms with Crippen molar-refractivity contribution in [3.8, 4) is 5.95 Å². The normalized spacial score (nSPS) is 18.8. The lowest BCUT2D eigenvalue weighted by Crippen LogP contribution is -2.41. The molecule has 0 bridgehead atoms. The Morgan fingerprint density at radius 1 is 0.885 bits per heavy atom. The van der Waals surface area contributed by atoms with Gasteiger partial charge in [0.2, 0.25) is 0 Å². The van der Waals surface area contributed by atoms with E-state index in [1.165, 1.54) is 0 Å². The quantitative estimate of drug-likeness (QED) is 0.666. The van der Waals surface area contributed by atoms with Crippen LogP contribution in [0.2, 0.25) is 0 Å². The van der Waals surface area contributed by atoms with E-state index in [1.807, 2.05) is 23.6 Å². The molecule has 1 aliphatic heterocycles. The average molecular weight is 352 g/mol. The fraction of sp³-hybridized carbons (Fsp3) is 0.474. The molecule has 3 aromatic rings. The molecule has 0 amide bonds. The van der Waals surface area contributed by atoms with Gasteiger partial charge in [-0.2, -0.15) is 4.98 Å². The van der Waals surface area contributed by atoms with Crippen LogP contribution < -0.4 is 5.46 Å². The second-order valence-electron chi connectivity index (χ2n) is 8.10. The Balaban J connectivity index is 1.79. The summed E-state index contributed by atoms with van der Waals surface area (Å²) in [6, 6.07) is 8.14. The third kappa shape index (κ3) is 2.41. The minimum Gasteiger partial charge on any atom is -0.399 e. The van der Waals surface area contributed by atoms with Crippen LogP contribution in [-0.2, 0) is 9.31 Å². The molecule has 0 spiro atoms. The van der Waals surface area contributed by atoms with Crippen molar-refractivity contribution in [2.24, 2.45) is 0 Å². The molecule has 1 aliphatic rings. The van der Waals surface area contributed by atoms with Gasteiger partial charge in [-0.25, -0.2) is 4.52 Å². The summed E-state index contributed by atoms with van der Waals surface area (Å²) in [4.78, 5) is 4.70. The zero-order chi connectivity index (χ0) is 18.9. The van der Waals surface area contributed by atoms with Gasteiger partial charge in [0.05, 0.1) is 11.2 Å². The zero-order valence-corrected chi connectivity index (χ0v) is 16.5. The zero-order valence-electron chi connectivity index (χ0n) is 16.5. The number of aromatic nitrogens is 4. The lowest BCUT2D eigenvalue weighted by atomic mass is 9.78. The maximum Gasteiger partial charge on any atom is 0.496 e. The smallest absolute Gasteiger partial charge is 0.399 e. The third-order valence-corrected chi connectivity index (χ3v) is 5.75. The summed E-state index contributed by atoms with van der Waals surface area (Å²) in [6.07, 6.45) is 0. The molecule has 0 atom stereocenters. The Labute approximate surface area is 154 Å². The topological polar surface area (TPSA) is 53.6 Å². The first-order chi connectivity index (χ1) is 12.1. The predicted octanol–water partition coefficient (Wildman–Crippen LogP) is 2.74. The fourth-order valence-electron chi connectivity index (χ4n) is 3.37. The number of aryl methyl sites for hydroxylation is 3. The number of fused-ring (bicyclic) bond motifs is 1. The van der Waals surface area contributed by atoms with E-state index in [2.05, 4.69) is 58.2 Å². The highest BCUT2D eigenvalue weighted by Gasteiger charge is 2.52. The number of hydrogen-bond donors (Lipinski definition) is 0. The molecule has 0 N–H and O–H groups in total. The van der Waals surface area contributed by atoms with E-state index in [0.29, 0.717) is 5.95 Å². The highest BCUT2D eigenvalue weighted by atomic mass is 16.7. The van der Waals surface area contributed by atoms with Gasteiger partial charge in [-0.3, -0.25) is 4.57 Å². The first-order valence-electron chi connectivity index (χ1n) is 8.98. The van der Waals surface area contributed by atoms with Crippen molar-refractivity contribution < 1.29 is 9.31 Å². The molecule has 7 heteroatoms. The molecule has 0 unspecified atom stereocenters. The Morgan fingerprint density at radius 2 is 1.46 bits per heavy atom. The summed E-state index contributed by atoms with van der Waals surface area (Å²) in [6.45, 7) is 14.4. The van der Waals surface area contributed by atoms with E-state index in [4.69, 9.17) is 19.4 Å². The van der Waals surface area contributed by atoms with Gasteiger partial charge in [-0.15, -0.1) is 5.10 Å². The Morgan fingerprint density at radius 3 is 2.04 bits per heavy atom. The first kappa shape index (κ1) is 17.3. The van der Waals surface area contributed by atoms with Crippen molar-refractivity contribution in [2.75, 3.05) is 0 Å². The van der Waals surface area contributed by atoms with Crippen molar-refractivity contribution in [1.82, 2.24) is 19.2 Å². The monoisotopic (exact) mass is 352 g/mol. The molecular weight excluding hydrogens is 327 g/mol. The summed E-state index contributed by atoms with van der Waals surface area (Å²) in [7, 11) is -0.410. The van der Waals surface area contributed by atoms with E-state index in [0.717, 1.165) is 28.2 Å². The number of hydrogen-bond acceptors (Lipinski definition) is 4. The molecule has 6 nitrogen and oxygen atoms in total. The second-order valence-corrected chi connectivity index (χ2v) is 8.10. The van der Waals surface area contributed by atoms with E-state index in [-0.39, 0.29) is 11.2 Å². The van der Waals surface area contributed by atoms with E-state index < -0.39 is 7.12 Å². The molecular formula is C19H25BN4O2. The van der Waals surface area contributed by atoms with Crippen molar-refractivity contribution >= 4 is 18.2 Å². The molecule has 4 heterocycles. The van der Waals surface area contributed by atoms with Crippen LogP contribution in [0.25, 0.3) is 11.6 Å². The minimum atomic E-state index is -0.410. The SMILES string of the molecule is Cc1ccc(C)n1-c1nc2ccc(B3OC(C)(C)C(C)(C)O3)c(C)n2n1. The van der Waals surface area contributed by atoms with Gasteiger partial charge in [-0.1, -0.05) is 6.07 Å². The number of rotatable bonds is 2. The fourth-order valence-corrected chi connectivity index (χ4v) is 3.37. The standard InChI is InChI=1S/C19H25BN4O2/c1-12-8-9-13(2)23(12)17-21-16-11-10-15(14(3)24(16)22-17)20-25-18(4,5)19(6,7)26-20/h8-11H,1-7H3. The summed E-state index contributed by atoms with van der Waals surface area (Å²) in [5.41, 5.74) is 4.25. The van der Waals surface area contributed by atoms with Crippen LogP contribution in [0, 0.1) is 20.8 Å². The molecule has 1 fully saturated rings. The van der Waals surface area contributed by atoms with Crippen LogP contribution in [0.15, 0.2) is 24.3 Å². The van der Waals surface area contributed by atoms with E-state index in [9.17, 15) is 0 Å². The number of pyridine rings is 1. The molecule has 3 aromatic heterocycles. The van der Waals surface area contributed by atoms with Crippen LogP contribution in [0.5, 0.6) is 0 Å². The van der Waals surface area contributed by atoms with Gasteiger partial charge in [0.1, 0.15) is 0 Å². The highest BCUT2D eigenvalue weighted by Crippen LogP contribution is 2.36. The summed E-state index contributed by atoms with van der Waals surface area (Å²) < 4.78 is 16.3. The Hall–Kier alpha value is -2.12. The highest BCUT2D eigenvalue weighted by molar-refractivity contribution is 6.62. The molecule has 136 valence electrons. The van der Waals surface area contributed by atoms with Gasteiger partial charge < -0.3 is 9.31 Å². The molecule has 26 heavy (non-hydrogen) atoms. The summed E-state index contributed by atoms with van der Waals surface area (Å²) in [5.74, 6) is 0.680. The second kappa shape index (κ2) is 5.44. The molecule has 1 saturated heterocycles. The average Bonchev–Trinajstić information content (AvgIpc) is 3.15. The molecule has 4 rings (SSSR count). The van der Waals surface area contributed by atoms with Crippen molar-refractivity contribution in [2.45, 2.75) is 59.7 Å². The maximum atomic E-state index is 6.21. The van der Waals surface area contributed by atoms with Crippen molar-refractivity contribution in [1.29, 1.82) is 0 Å². The van der Waals surface area contributed by atoms with E-state index in [1.54, 1.807) is 0 Å². The molecule has 0 saturated carbocycles. The third-order valence-electron chi connectivity index (χ3n) is 5.75. The lowest BCUT2D eigenvalue weighted by Gasteiger charge is -2.32. The van der Waals surface area contributed by atoms with Crippen LogP contribution in [-0.4, -0.2) is 37.5 Å². The number of nitrogens with zero attached hydrogens (tertiary/aromatic N) is 4. The van der Waals surface area contributed by atoms with Gasteiger partial charge in [0.15, 0.2) is 5.65 Å². The van der Waals surface area contributed by atoms with Crippen LogP contribution in [0.4, 0.5) is 0 Å². The van der Waals surface area contributed by atoms with Gasteiger partial charge in [0.25, 0.3) is 5.95 Å². The summed E-state index contributed by atoms with van der Waals surface area (Å²) >= 11 is 0. The predicted molar refractivity (Wildman–Crippen MR) is 102 cm³/mol. The van der Waals surface area contributed by atoms with Crippen molar-refractivity contribution in [3.63, 3.8) is 0 Å². The molecule has 0 aromatic carbocycles. The van der Waals surface area contributed by atoms with Crippen LogP contribution in [0.3, 0.4) is 0 Å². The van der Waals surface area contributed by atoms with Gasteiger partial charge >= 0.3 is 7.12 Å². The Bertz CT molecular complexity index is 967. The van der Waals surface area contributed by atoms with Crippen LogP contribution in [0.1, 0.15) is 44.8 Å². The van der Waals surface area contributed by atoms with E-state index >= 15 is 0 Å². The summed E-state index contributed by atoms with van der Waals surface area (Å²) in [5, 5.41) is 4.74. The maximum absolute atomic E-state index is 6.21. The van der Waals surface area contributed by atoms with Crippen LogP contribution >= 0.6 is 0 Å². The minimum absolute atomic E-state index is 0.369. The van der Waals surface area contributed by atoms with Crippen molar-refractivity contribution in [3.05, 3.63) is 41.3 Å². The van der Waals surface area contributed by atoms with Gasteiger partial charge in [0, 0.05) is 22.5 Å². The first-order valence-corrected chi connectivity index (χ1v) is 8.98. The van der Waals surface area contributed by atoms with Gasteiger partial charge in [-0.05, 0) is 66.7 Å². The molecule has 0 aliphatic carbocycles. The largest absolute Gasteiger partial charge is 0.496 e. The lowest BCUT2D eigenvalue weighted by molar-refractivity contribution is 0.00578. The molecule has 0 radical (unpaired) electrons.